The van der Waals surface area contributed by atoms with Gasteiger partial charge in [-0.2, -0.15) is 0 Å². The standard InChI is InChI=1S/C33H56N2/c1-3-5-7-9-11-12-13-14-15-16-17-19-21-25-31(24-20-18-10-8-6-4-2)32-26-22-23-27-33(32)35-29-28-34-30-35/h22-23,26-31H,3-21,24-25H2,1-2H3/t31-/m0/s1. The lowest BCUT2D eigenvalue weighted by atomic mass is 9.87. The molecule has 0 fully saturated rings. The Balaban J connectivity index is 1.70. The summed E-state index contributed by atoms with van der Waals surface area (Å²) in [4.78, 5) is 4.30. The van der Waals surface area contributed by atoms with E-state index < -0.39 is 0 Å². The molecule has 0 unspecified atom stereocenters. The van der Waals surface area contributed by atoms with E-state index in [9.17, 15) is 0 Å². The average Bonchev–Trinajstić information content (AvgIpc) is 3.42. The summed E-state index contributed by atoms with van der Waals surface area (Å²) in [5.74, 6) is 0.674. The fourth-order valence-corrected chi connectivity index (χ4v) is 5.50. The van der Waals surface area contributed by atoms with E-state index in [1.807, 2.05) is 12.5 Å². The number of aromatic nitrogens is 2. The Morgan fingerprint density at radius 2 is 1.06 bits per heavy atom. The van der Waals surface area contributed by atoms with Crippen molar-refractivity contribution in [3.05, 3.63) is 48.5 Å². The van der Waals surface area contributed by atoms with E-state index >= 15 is 0 Å². The van der Waals surface area contributed by atoms with Crippen LogP contribution in [0.3, 0.4) is 0 Å². The van der Waals surface area contributed by atoms with Crippen molar-refractivity contribution < 1.29 is 0 Å². The number of para-hydroxylation sites is 1. The van der Waals surface area contributed by atoms with Crippen LogP contribution in [0.25, 0.3) is 5.69 Å². The van der Waals surface area contributed by atoms with Crippen LogP contribution in [0.5, 0.6) is 0 Å². The first kappa shape index (κ1) is 29.7. The van der Waals surface area contributed by atoms with E-state index in [4.69, 9.17) is 0 Å². The fraction of sp³-hybridized carbons (Fsp3) is 0.727. The normalized spacial score (nSPS) is 12.3. The van der Waals surface area contributed by atoms with Crippen molar-refractivity contribution in [2.24, 2.45) is 0 Å². The second kappa shape index (κ2) is 20.6. The molecule has 0 saturated carbocycles. The highest BCUT2D eigenvalue weighted by Gasteiger charge is 2.16. The third kappa shape index (κ3) is 13.3. The lowest BCUT2D eigenvalue weighted by molar-refractivity contribution is 0.482. The van der Waals surface area contributed by atoms with Crippen LogP contribution in [0.1, 0.15) is 160 Å². The Morgan fingerprint density at radius 1 is 0.600 bits per heavy atom. The van der Waals surface area contributed by atoms with Gasteiger partial charge >= 0.3 is 0 Å². The van der Waals surface area contributed by atoms with Gasteiger partial charge in [-0.15, -0.1) is 0 Å². The van der Waals surface area contributed by atoms with E-state index in [0.717, 1.165) is 0 Å². The molecule has 0 N–H and O–H groups in total. The van der Waals surface area contributed by atoms with Gasteiger partial charge in [0.15, 0.2) is 0 Å². The zero-order valence-corrected chi connectivity index (χ0v) is 23.4. The zero-order chi connectivity index (χ0) is 24.8. The molecular weight excluding hydrogens is 424 g/mol. The molecule has 1 aromatic heterocycles. The van der Waals surface area contributed by atoms with Gasteiger partial charge in [-0.1, -0.05) is 154 Å². The van der Waals surface area contributed by atoms with Crippen molar-refractivity contribution in [3.8, 4) is 5.69 Å². The van der Waals surface area contributed by atoms with Gasteiger partial charge in [0.25, 0.3) is 0 Å². The first-order valence-corrected chi connectivity index (χ1v) is 15.4. The third-order valence-corrected chi connectivity index (χ3v) is 7.72. The number of rotatable bonds is 23. The van der Waals surface area contributed by atoms with Crippen molar-refractivity contribution in [1.82, 2.24) is 9.55 Å². The monoisotopic (exact) mass is 480 g/mol. The molecule has 0 aliphatic heterocycles. The van der Waals surface area contributed by atoms with Crippen molar-refractivity contribution in [2.45, 2.75) is 155 Å². The van der Waals surface area contributed by atoms with E-state index in [1.165, 1.54) is 146 Å². The lowest BCUT2D eigenvalue weighted by Gasteiger charge is -2.21. The van der Waals surface area contributed by atoms with Crippen molar-refractivity contribution in [1.29, 1.82) is 0 Å². The Hall–Kier alpha value is -1.57. The van der Waals surface area contributed by atoms with Gasteiger partial charge in [0, 0.05) is 18.1 Å². The molecule has 1 aromatic carbocycles. The van der Waals surface area contributed by atoms with Gasteiger partial charge < -0.3 is 4.57 Å². The summed E-state index contributed by atoms with van der Waals surface area (Å²) in [6, 6.07) is 9.05. The number of unbranched alkanes of at least 4 members (excludes halogenated alkanes) is 17. The summed E-state index contributed by atoms with van der Waals surface area (Å²) in [6.07, 6.45) is 35.5. The molecule has 2 rings (SSSR count). The first-order valence-electron chi connectivity index (χ1n) is 15.4. The first-order chi connectivity index (χ1) is 17.4. The highest BCUT2D eigenvalue weighted by molar-refractivity contribution is 5.43. The van der Waals surface area contributed by atoms with Crippen LogP contribution < -0.4 is 0 Å². The van der Waals surface area contributed by atoms with E-state index in [-0.39, 0.29) is 0 Å². The molecule has 0 saturated heterocycles. The summed E-state index contributed by atoms with van der Waals surface area (Å²) < 4.78 is 2.20. The summed E-state index contributed by atoms with van der Waals surface area (Å²) in [6.45, 7) is 4.61. The molecular formula is C33H56N2. The van der Waals surface area contributed by atoms with Gasteiger partial charge in [0.1, 0.15) is 0 Å². The Bertz CT molecular complexity index is 706. The minimum atomic E-state index is 0.674. The molecule has 1 atom stereocenters. The quantitative estimate of drug-likeness (QED) is 0.145. The molecule has 0 aliphatic rings. The van der Waals surface area contributed by atoms with E-state index in [2.05, 4.69) is 53.9 Å². The molecule has 1 heterocycles. The van der Waals surface area contributed by atoms with Crippen LogP contribution in [0, 0.1) is 0 Å². The number of hydrogen-bond acceptors (Lipinski definition) is 1. The SMILES string of the molecule is CCCCCCCCCCCCCCC[C@H](CCCCCCCC)c1ccccc1-n1ccnc1. The number of hydrogen-bond donors (Lipinski definition) is 0. The van der Waals surface area contributed by atoms with Gasteiger partial charge in [0.2, 0.25) is 0 Å². The summed E-state index contributed by atoms with van der Waals surface area (Å²) in [5.41, 5.74) is 2.86. The van der Waals surface area contributed by atoms with Crippen LogP contribution in [0.2, 0.25) is 0 Å². The van der Waals surface area contributed by atoms with Gasteiger partial charge in [0.05, 0.1) is 6.33 Å². The molecule has 198 valence electrons. The minimum Gasteiger partial charge on any atom is -0.306 e. The molecule has 2 nitrogen and oxygen atoms in total. The smallest absolute Gasteiger partial charge is 0.0991 e. The maximum atomic E-state index is 4.30. The van der Waals surface area contributed by atoms with Crippen LogP contribution in [-0.2, 0) is 0 Å². The van der Waals surface area contributed by atoms with Crippen molar-refractivity contribution in [2.75, 3.05) is 0 Å². The number of nitrogens with zero attached hydrogens (tertiary/aromatic N) is 2. The fourth-order valence-electron chi connectivity index (χ4n) is 5.50. The van der Waals surface area contributed by atoms with Gasteiger partial charge in [-0.3, -0.25) is 0 Å². The summed E-state index contributed by atoms with van der Waals surface area (Å²) in [5, 5.41) is 0. The lowest BCUT2D eigenvalue weighted by Crippen LogP contribution is -2.05. The zero-order valence-electron chi connectivity index (χ0n) is 23.4. The van der Waals surface area contributed by atoms with Crippen LogP contribution in [0.4, 0.5) is 0 Å². The maximum absolute atomic E-state index is 4.30. The van der Waals surface area contributed by atoms with Crippen molar-refractivity contribution in [3.63, 3.8) is 0 Å². The molecule has 0 amide bonds. The molecule has 0 radical (unpaired) electrons. The largest absolute Gasteiger partial charge is 0.306 e. The Kier molecular flexibility index (Phi) is 17.5. The second-order valence-corrected chi connectivity index (χ2v) is 10.8. The minimum absolute atomic E-state index is 0.674. The number of benzene rings is 1. The third-order valence-electron chi connectivity index (χ3n) is 7.72. The van der Waals surface area contributed by atoms with E-state index in [0.29, 0.717) is 5.92 Å². The molecule has 0 aliphatic carbocycles. The summed E-state index contributed by atoms with van der Waals surface area (Å²) in [7, 11) is 0. The Morgan fingerprint density at radius 3 is 1.51 bits per heavy atom. The van der Waals surface area contributed by atoms with E-state index in [1.54, 1.807) is 0 Å². The topological polar surface area (TPSA) is 17.8 Å². The van der Waals surface area contributed by atoms with Crippen molar-refractivity contribution >= 4 is 0 Å². The molecule has 2 aromatic rings. The van der Waals surface area contributed by atoms with Crippen LogP contribution in [0.15, 0.2) is 43.0 Å². The Labute approximate surface area is 218 Å². The average molecular weight is 481 g/mol. The van der Waals surface area contributed by atoms with Gasteiger partial charge in [-0.25, -0.2) is 4.98 Å². The predicted octanol–water partition coefficient (Wildman–Crippen LogP) is 11.2. The summed E-state index contributed by atoms with van der Waals surface area (Å²) >= 11 is 0. The second-order valence-electron chi connectivity index (χ2n) is 10.8. The molecule has 35 heavy (non-hydrogen) atoms. The molecule has 0 bridgehead atoms. The predicted molar refractivity (Wildman–Crippen MR) is 155 cm³/mol. The molecule has 0 spiro atoms. The van der Waals surface area contributed by atoms with Crippen LogP contribution >= 0.6 is 0 Å². The van der Waals surface area contributed by atoms with Crippen LogP contribution in [-0.4, -0.2) is 9.55 Å². The number of imidazole rings is 1. The van der Waals surface area contributed by atoms with Gasteiger partial charge in [-0.05, 0) is 30.4 Å². The highest BCUT2D eigenvalue weighted by Crippen LogP contribution is 2.32. The highest BCUT2D eigenvalue weighted by atomic mass is 15.0. The molecule has 2 heteroatoms. The maximum Gasteiger partial charge on any atom is 0.0991 e.